The first-order valence-electron chi connectivity index (χ1n) is 14.0. The lowest BCUT2D eigenvalue weighted by atomic mass is 10.2. The van der Waals surface area contributed by atoms with Crippen molar-refractivity contribution >= 4 is 35.7 Å². The number of halogens is 1. The molecule has 0 unspecified atom stereocenters. The molecule has 0 amide bonds. The Morgan fingerprint density at radius 2 is 1.69 bits per heavy atom. The highest BCUT2D eigenvalue weighted by Crippen LogP contribution is 2.66. The molecule has 0 bridgehead atoms. The summed E-state index contributed by atoms with van der Waals surface area (Å²) >= 11 is 0. The monoisotopic (exact) mass is 585 g/mol. The van der Waals surface area contributed by atoms with Gasteiger partial charge in [0.15, 0.2) is 13.2 Å². The number of hydrogen-bond donors (Lipinski definition) is 0. The van der Waals surface area contributed by atoms with Gasteiger partial charge in [0.05, 0.1) is 40.4 Å². The molecule has 12 heteroatoms. The van der Waals surface area contributed by atoms with E-state index < -0.39 is 18.1 Å². The fourth-order valence-electron chi connectivity index (χ4n) is 5.77. The van der Waals surface area contributed by atoms with Crippen molar-refractivity contribution in [3.05, 3.63) is 106 Å². The predicted octanol–water partition coefficient (Wildman–Crippen LogP) is 6.10. The molecule has 7 rings (SSSR count). The maximum absolute atomic E-state index is 15.7. The van der Waals surface area contributed by atoms with Crippen LogP contribution in [-0.2, 0) is 4.74 Å². The summed E-state index contributed by atoms with van der Waals surface area (Å²) in [5, 5.41) is 18.0. The van der Waals surface area contributed by atoms with Crippen molar-refractivity contribution in [2.75, 3.05) is 26.3 Å². The molecule has 214 valence electrons. The van der Waals surface area contributed by atoms with Gasteiger partial charge < -0.3 is 9.41 Å². The molecule has 3 heterocycles. The number of nitro benzene ring substituents is 1. The molecule has 0 N–H and O–H groups in total. The Kier molecular flexibility index (Phi) is 6.73. The van der Waals surface area contributed by atoms with E-state index in [1.807, 2.05) is 37.3 Å². The van der Waals surface area contributed by atoms with Crippen LogP contribution in [0.1, 0.15) is 24.1 Å². The van der Waals surface area contributed by atoms with E-state index in [4.69, 9.17) is 19.6 Å². The van der Waals surface area contributed by atoms with Gasteiger partial charge >= 0.3 is 0 Å². The second kappa shape index (κ2) is 10.6. The Balaban J connectivity index is 1.63. The maximum Gasteiger partial charge on any atom is 0.294 e. The van der Waals surface area contributed by atoms with Crippen LogP contribution in [0.4, 0.5) is 21.6 Å². The van der Waals surface area contributed by atoms with E-state index in [1.165, 1.54) is 12.1 Å². The minimum atomic E-state index is -3.10. The fourth-order valence-corrected chi connectivity index (χ4v) is 10.0. The molecule has 2 aliphatic heterocycles. The number of aliphatic imine (C=N–C) groups is 1. The average Bonchev–Trinajstić information content (AvgIpc) is 3.80. The van der Waals surface area contributed by atoms with E-state index in [0.717, 1.165) is 29.5 Å². The Bertz CT molecular complexity index is 1760. The molecular weight excluding hydrogens is 556 g/mol. The zero-order chi connectivity index (χ0) is 28.8. The minimum absolute atomic E-state index is 0.0404. The fraction of sp³-hybridized carbons (Fsp3) is 0.267. The van der Waals surface area contributed by atoms with E-state index >= 15 is 4.39 Å². The minimum Gasteiger partial charge on any atom is -0.379 e. The first-order valence-corrected chi connectivity index (χ1v) is 15.6. The molecule has 1 saturated heterocycles. The van der Waals surface area contributed by atoms with Crippen molar-refractivity contribution in [1.29, 1.82) is 0 Å². The van der Waals surface area contributed by atoms with Crippen molar-refractivity contribution < 1.29 is 14.1 Å². The van der Waals surface area contributed by atoms with Gasteiger partial charge in [0.2, 0.25) is 0 Å². The number of hydrogen-bond acceptors (Lipinski definition) is 6. The summed E-state index contributed by atoms with van der Waals surface area (Å²) in [6.45, 7) is 4.03. The third-order valence-corrected chi connectivity index (χ3v) is 11.7. The molecule has 1 aliphatic carbocycles. The van der Waals surface area contributed by atoms with E-state index in [0.29, 0.717) is 43.5 Å². The van der Waals surface area contributed by atoms with Crippen LogP contribution in [0.25, 0.3) is 5.69 Å². The summed E-state index contributed by atoms with van der Waals surface area (Å²) < 4.78 is 33.2. The van der Waals surface area contributed by atoms with Crippen molar-refractivity contribution in [1.82, 2.24) is 19.1 Å². The SMILES string of the molecule is Cc1nn(-c2ccccc2)c2c1[P@@](=Nc1ccccc1[N+](=O)[O-])(N1CCOCC1)N(C1CC1)C(c1ccccc1F)=N2. The Labute approximate surface area is 242 Å². The standard InChI is InChI=1S/C30H29FN7O3P/c1-21-28-30(36(33-21)22-9-3-2-4-10-22)32-29(24-11-5-6-12-25(24)31)37(23-15-16-23)42(28,35-17-19-41-20-18-35)34-26-13-7-8-14-27(26)38(39)40/h2-14,23H,15-20H2,1H3/t42-/m1/s1. The van der Waals surface area contributed by atoms with E-state index in [9.17, 15) is 10.1 Å². The largest absolute Gasteiger partial charge is 0.379 e. The summed E-state index contributed by atoms with van der Waals surface area (Å²) in [5.41, 5.74) is 2.11. The van der Waals surface area contributed by atoms with Crippen LogP contribution in [0.2, 0.25) is 0 Å². The smallest absolute Gasteiger partial charge is 0.294 e. The number of nitro groups is 1. The molecule has 2 fully saturated rings. The van der Waals surface area contributed by atoms with Crippen LogP contribution < -0.4 is 5.30 Å². The van der Waals surface area contributed by atoms with Crippen LogP contribution in [0.3, 0.4) is 0 Å². The van der Waals surface area contributed by atoms with Gasteiger partial charge in [0.1, 0.15) is 17.3 Å². The number of benzene rings is 3. The van der Waals surface area contributed by atoms with Crippen LogP contribution in [0, 0.1) is 22.9 Å². The Morgan fingerprint density at radius 3 is 2.40 bits per heavy atom. The van der Waals surface area contributed by atoms with Gasteiger partial charge in [0, 0.05) is 25.2 Å². The number of rotatable bonds is 6. The average molecular weight is 586 g/mol. The highest BCUT2D eigenvalue weighted by atomic mass is 31.2. The second-order valence-electron chi connectivity index (χ2n) is 10.5. The molecule has 1 saturated carbocycles. The van der Waals surface area contributed by atoms with Gasteiger partial charge in [0.25, 0.3) is 5.69 Å². The molecule has 0 radical (unpaired) electrons. The predicted molar refractivity (Wildman–Crippen MR) is 160 cm³/mol. The van der Waals surface area contributed by atoms with Crippen LogP contribution in [0.5, 0.6) is 0 Å². The van der Waals surface area contributed by atoms with Crippen molar-refractivity contribution in [2.24, 2.45) is 9.74 Å². The quantitative estimate of drug-likeness (QED) is 0.154. The summed E-state index contributed by atoms with van der Waals surface area (Å²) in [6.07, 6.45) is 1.76. The summed E-state index contributed by atoms with van der Waals surface area (Å²) in [5.74, 6) is 0.650. The first kappa shape index (κ1) is 26.7. The molecule has 10 nitrogen and oxygen atoms in total. The Hall–Kier alpha value is -4.18. The summed E-state index contributed by atoms with van der Waals surface area (Å²) in [4.78, 5) is 17.0. The number of aromatic nitrogens is 2. The molecule has 4 aromatic rings. The molecular formula is C30H29FN7O3P. The van der Waals surface area contributed by atoms with Gasteiger partial charge in [-0.1, -0.05) is 42.5 Å². The number of fused-ring (bicyclic) bond motifs is 1. The lowest BCUT2D eigenvalue weighted by Gasteiger charge is -2.48. The second-order valence-corrected chi connectivity index (χ2v) is 13.3. The number of ether oxygens (including phenoxy) is 1. The highest BCUT2D eigenvalue weighted by molar-refractivity contribution is 7.70. The lowest BCUT2D eigenvalue weighted by molar-refractivity contribution is -0.384. The van der Waals surface area contributed by atoms with Gasteiger partial charge in [-0.2, -0.15) is 5.10 Å². The lowest BCUT2D eigenvalue weighted by Crippen LogP contribution is -2.48. The van der Waals surface area contributed by atoms with Crippen LogP contribution in [0.15, 0.2) is 88.6 Å². The number of amidine groups is 1. The first-order chi connectivity index (χ1) is 20.5. The highest BCUT2D eigenvalue weighted by Gasteiger charge is 2.52. The van der Waals surface area contributed by atoms with Crippen LogP contribution in [-0.4, -0.2) is 62.2 Å². The number of nitrogens with zero attached hydrogens (tertiary/aromatic N) is 7. The zero-order valence-corrected chi connectivity index (χ0v) is 23.9. The normalized spacial score (nSPS) is 20.6. The zero-order valence-electron chi connectivity index (χ0n) is 23.0. The van der Waals surface area contributed by atoms with Crippen molar-refractivity contribution in [3.63, 3.8) is 0 Å². The molecule has 3 aliphatic rings. The Morgan fingerprint density at radius 1 is 1.00 bits per heavy atom. The van der Waals surface area contributed by atoms with Gasteiger partial charge in [-0.15, -0.1) is 0 Å². The number of aryl methyl sites for hydroxylation is 1. The molecule has 3 aromatic carbocycles. The van der Waals surface area contributed by atoms with Gasteiger partial charge in [-0.3, -0.25) is 10.1 Å². The van der Waals surface area contributed by atoms with E-state index in [2.05, 4.69) is 9.34 Å². The van der Waals surface area contributed by atoms with E-state index in [-0.39, 0.29) is 17.4 Å². The van der Waals surface area contributed by atoms with Crippen LogP contribution >= 0.6 is 7.36 Å². The van der Waals surface area contributed by atoms with Crippen molar-refractivity contribution in [2.45, 2.75) is 25.8 Å². The molecule has 0 spiro atoms. The third-order valence-electron chi connectivity index (χ3n) is 7.75. The molecule has 1 aromatic heterocycles. The molecule has 1 atom stereocenters. The van der Waals surface area contributed by atoms with Gasteiger partial charge in [-0.25, -0.2) is 23.5 Å². The number of para-hydroxylation sites is 2. The topological polar surface area (TPSA) is 101 Å². The summed E-state index contributed by atoms with van der Waals surface area (Å²) in [6, 6.07) is 23.0. The summed E-state index contributed by atoms with van der Waals surface area (Å²) in [7, 11) is -3.10. The van der Waals surface area contributed by atoms with E-state index in [1.54, 1.807) is 41.1 Å². The third kappa shape index (κ3) is 4.36. The van der Waals surface area contributed by atoms with Crippen molar-refractivity contribution in [3.8, 4) is 5.69 Å². The molecule has 42 heavy (non-hydrogen) atoms. The maximum atomic E-state index is 15.7. The van der Waals surface area contributed by atoms with Gasteiger partial charge in [-0.05, 0) is 50.1 Å². The number of morpholine rings is 1.